The zero-order chi connectivity index (χ0) is 15.6. The van der Waals surface area contributed by atoms with E-state index in [2.05, 4.69) is 13.0 Å². The van der Waals surface area contributed by atoms with Crippen LogP contribution < -0.4 is 0 Å². The van der Waals surface area contributed by atoms with Gasteiger partial charge >= 0.3 is 0 Å². The Morgan fingerprint density at radius 3 is 1.57 bits per heavy atom. The molecule has 124 valence electrons. The van der Waals surface area contributed by atoms with Crippen molar-refractivity contribution in [3.63, 3.8) is 0 Å². The lowest BCUT2D eigenvalue weighted by Gasteiger charge is -2.02. The molecule has 0 aliphatic rings. The van der Waals surface area contributed by atoms with Crippen molar-refractivity contribution >= 4 is 16.8 Å². The highest BCUT2D eigenvalue weighted by Crippen LogP contribution is 2.13. The first-order chi connectivity index (χ1) is 10.3. The van der Waals surface area contributed by atoms with E-state index < -0.39 is 0 Å². The Balaban J connectivity index is 3.02. The molecule has 0 atom stereocenters. The third-order valence-electron chi connectivity index (χ3n) is 3.92. The normalized spacial score (nSPS) is 11.3. The van der Waals surface area contributed by atoms with Crippen molar-refractivity contribution in [3.8, 4) is 0 Å². The second kappa shape index (κ2) is 17.8. The molecule has 0 radical (unpaired) electrons. The van der Waals surface area contributed by atoms with Crippen LogP contribution in [0.25, 0.3) is 0 Å². The molecule has 0 rings (SSSR count). The largest absolute Gasteiger partial charge is 0.281 e. The topological polar surface area (TPSA) is 17.1 Å². The lowest BCUT2D eigenvalue weighted by atomic mass is 10.0. The summed E-state index contributed by atoms with van der Waals surface area (Å²) in [4.78, 5) is 10.5. The molecule has 0 bridgehead atoms. The van der Waals surface area contributed by atoms with Gasteiger partial charge in [0, 0.05) is 6.42 Å². The fraction of sp³-hybridized carbons (Fsp3) is 0.842. The Hall–Kier alpha value is -0.300. The number of carbonyl (C=O) groups excluding carboxylic acids is 1. The third-order valence-corrected chi connectivity index (χ3v) is 4.07. The highest BCUT2D eigenvalue weighted by Gasteiger charge is 1.93. The molecule has 0 saturated carbocycles. The van der Waals surface area contributed by atoms with Crippen molar-refractivity contribution in [2.75, 3.05) is 0 Å². The van der Waals surface area contributed by atoms with Gasteiger partial charge in [-0.2, -0.15) is 0 Å². The van der Waals surface area contributed by atoms with Crippen molar-refractivity contribution in [2.24, 2.45) is 0 Å². The Morgan fingerprint density at radius 2 is 1.14 bits per heavy atom. The number of carbonyl (C=O) groups is 1. The van der Waals surface area contributed by atoms with Crippen LogP contribution in [-0.4, -0.2) is 5.24 Å². The van der Waals surface area contributed by atoms with E-state index in [0.29, 0.717) is 6.42 Å². The number of rotatable bonds is 16. The number of allylic oxidation sites excluding steroid dienone is 2. The predicted molar refractivity (Wildman–Crippen MR) is 94.9 cm³/mol. The van der Waals surface area contributed by atoms with Gasteiger partial charge in [0.2, 0.25) is 5.24 Å². The van der Waals surface area contributed by atoms with Crippen molar-refractivity contribution < 1.29 is 4.79 Å². The molecule has 0 aromatic carbocycles. The van der Waals surface area contributed by atoms with Crippen LogP contribution >= 0.6 is 11.6 Å². The molecule has 0 fully saturated rings. The van der Waals surface area contributed by atoms with Gasteiger partial charge in [-0.1, -0.05) is 96.1 Å². The van der Waals surface area contributed by atoms with Crippen molar-refractivity contribution in [3.05, 3.63) is 12.2 Å². The summed E-state index contributed by atoms with van der Waals surface area (Å²) in [7, 11) is 0. The van der Waals surface area contributed by atoms with E-state index in [4.69, 9.17) is 11.6 Å². The van der Waals surface area contributed by atoms with Gasteiger partial charge < -0.3 is 0 Å². The molecule has 0 aliphatic carbocycles. The highest BCUT2D eigenvalue weighted by atomic mass is 35.5. The third kappa shape index (κ3) is 19.7. The summed E-state index contributed by atoms with van der Waals surface area (Å²) in [6, 6.07) is 0. The van der Waals surface area contributed by atoms with E-state index in [1.807, 2.05) is 6.08 Å². The van der Waals surface area contributed by atoms with Gasteiger partial charge in [-0.3, -0.25) is 4.79 Å². The molecule has 0 heterocycles. The molecule has 0 aromatic heterocycles. The Morgan fingerprint density at radius 1 is 0.714 bits per heavy atom. The SMILES string of the molecule is CCCCCCCCCCCCCCC/C=C/CC(=O)Cl. The van der Waals surface area contributed by atoms with Gasteiger partial charge in [0.05, 0.1) is 0 Å². The minimum absolute atomic E-state index is 0.267. The molecule has 0 N–H and O–H groups in total. The van der Waals surface area contributed by atoms with E-state index >= 15 is 0 Å². The van der Waals surface area contributed by atoms with Gasteiger partial charge in [-0.15, -0.1) is 0 Å². The Kier molecular flexibility index (Phi) is 17.5. The highest BCUT2D eigenvalue weighted by molar-refractivity contribution is 6.63. The maximum absolute atomic E-state index is 10.5. The summed E-state index contributed by atoms with van der Waals surface area (Å²) < 4.78 is 0. The maximum atomic E-state index is 10.5. The van der Waals surface area contributed by atoms with Crippen LogP contribution in [0.2, 0.25) is 0 Å². The first-order valence-electron chi connectivity index (χ1n) is 9.10. The van der Waals surface area contributed by atoms with Crippen LogP contribution in [0.3, 0.4) is 0 Å². The van der Waals surface area contributed by atoms with E-state index in [1.54, 1.807) is 0 Å². The monoisotopic (exact) mass is 314 g/mol. The van der Waals surface area contributed by atoms with Crippen molar-refractivity contribution in [1.82, 2.24) is 0 Å². The second-order valence-corrected chi connectivity index (χ2v) is 6.48. The van der Waals surface area contributed by atoms with Gasteiger partial charge in [0.1, 0.15) is 0 Å². The summed E-state index contributed by atoms with van der Waals surface area (Å²) >= 11 is 5.25. The molecule has 2 heteroatoms. The lowest BCUT2D eigenvalue weighted by Crippen LogP contribution is -1.83. The summed E-state index contributed by atoms with van der Waals surface area (Å²) in [6.45, 7) is 2.27. The van der Waals surface area contributed by atoms with Crippen LogP contribution in [0.4, 0.5) is 0 Å². The van der Waals surface area contributed by atoms with Crippen LogP contribution in [-0.2, 0) is 4.79 Å². The summed E-state index contributed by atoms with van der Waals surface area (Å²) in [5, 5.41) is -0.267. The number of halogens is 1. The van der Waals surface area contributed by atoms with Gasteiger partial charge in [0.25, 0.3) is 0 Å². The molecular formula is C19H35ClO. The zero-order valence-electron chi connectivity index (χ0n) is 14.0. The predicted octanol–water partition coefficient (Wildman–Crippen LogP) is 7.18. The standard InChI is InChI=1S/C19H35ClO/c1-2-3-4-5-6-7-8-9-10-11-12-13-14-15-16-17-18-19(20)21/h16-17H,2-15,18H2,1H3/b17-16+. The van der Waals surface area contributed by atoms with E-state index in [1.165, 1.54) is 83.5 Å². The van der Waals surface area contributed by atoms with Gasteiger partial charge in [-0.05, 0) is 24.4 Å². The fourth-order valence-corrected chi connectivity index (χ4v) is 2.66. The first kappa shape index (κ1) is 20.7. The van der Waals surface area contributed by atoms with E-state index in [-0.39, 0.29) is 5.24 Å². The molecule has 0 unspecified atom stereocenters. The number of hydrogen-bond donors (Lipinski definition) is 0. The molecule has 0 aliphatic heterocycles. The van der Waals surface area contributed by atoms with Crippen LogP contribution in [0.5, 0.6) is 0 Å². The average molecular weight is 315 g/mol. The first-order valence-corrected chi connectivity index (χ1v) is 9.48. The molecule has 0 aromatic rings. The quantitative estimate of drug-likeness (QED) is 0.167. The zero-order valence-corrected chi connectivity index (χ0v) is 14.8. The van der Waals surface area contributed by atoms with E-state index in [0.717, 1.165) is 6.42 Å². The second-order valence-electron chi connectivity index (χ2n) is 6.06. The molecule has 1 nitrogen and oxygen atoms in total. The van der Waals surface area contributed by atoms with Gasteiger partial charge in [0.15, 0.2) is 0 Å². The smallest absolute Gasteiger partial charge is 0.225 e. The minimum atomic E-state index is -0.267. The summed E-state index contributed by atoms with van der Waals surface area (Å²) in [6.07, 6.45) is 23.5. The lowest BCUT2D eigenvalue weighted by molar-refractivity contribution is -0.110. The van der Waals surface area contributed by atoms with Crippen LogP contribution in [0, 0.1) is 0 Å². The fourth-order valence-electron chi connectivity index (χ4n) is 2.57. The van der Waals surface area contributed by atoms with E-state index in [9.17, 15) is 4.79 Å². The molecule has 0 spiro atoms. The molecular weight excluding hydrogens is 280 g/mol. The van der Waals surface area contributed by atoms with Gasteiger partial charge in [-0.25, -0.2) is 0 Å². The number of unbranched alkanes of at least 4 members (excludes halogenated alkanes) is 13. The molecule has 0 amide bonds. The van der Waals surface area contributed by atoms with Crippen molar-refractivity contribution in [2.45, 2.75) is 103 Å². The average Bonchev–Trinajstić information content (AvgIpc) is 2.46. The Labute approximate surface area is 137 Å². The summed E-state index contributed by atoms with van der Waals surface area (Å²) in [5.74, 6) is 0. The molecule has 21 heavy (non-hydrogen) atoms. The maximum Gasteiger partial charge on any atom is 0.225 e. The minimum Gasteiger partial charge on any atom is -0.281 e. The van der Waals surface area contributed by atoms with Crippen LogP contribution in [0.1, 0.15) is 103 Å². The number of hydrogen-bond acceptors (Lipinski definition) is 1. The van der Waals surface area contributed by atoms with Crippen molar-refractivity contribution in [1.29, 1.82) is 0 Å². The summed E-state index contributed by atoms with van der Waals surface area (Å²) in [5.41, 5.74) is 0. The van der Waals surface area contributed by atoms with Crippen LogP contribution in [0.15, 0.2) is 12.2 Å². The molecule has 0 saturated heterocycles. The Bertz CT molecular complexity index is 248.